The van der Waals surface area contributed by atoms with Crippen LogP contribution in [-0.2, 0) is 6.54 Å². The number of nitrogens with zero attached hydrogens (tertiary/aromatic N) is 1. The zero-order valence-corrected chi connectivity index (χ0v) is 10.6. The van der Waals surface area contributed by atoms with Crippen LogP contribution in [-0.4, -0.2) is 4.98 Å². The summed E-state index contributed by atoms with van der Waals surface area (Å²) < 4.78 is 39.8. The lowest BCUT2D eigenvalue weighted by atomic mass is 10.2. The number of pyridine rings is 1. The average Bonchev–Trinajstić information content (AvgIpc) is 2.37. The Morgan fingerprint density at radius 1 is 1.06 bits per heavy atom. The fourth-order valence-electron chi connectivity index (χ4n) is 1.36. The maximum Gasteiger partial charge on any atom is 0.196 e. The predicted molar refractivity (Wildman–Crippen MR) is 65.6 cm³/mol. The van der Waals surface area contributed by atoms with Crippen LogP contribution in [0.1, 0.15) is 5.69 Å². The summed E-state index contributed by atoms with van der Waals surface area (Å²) in [6, 6.07) is 5.53. The van der Waals surface area contributed by atoms with Gasteiger partial charge in [-0.1, -0.05) is 0 Å². The summed E-state index contributed by atoms with van der Waals surface area (Å²) in [6.07, 6.45) is 1.60. The molecule has 18 heavy (non-hydrogen) atoms. The van der Waals surface area contributed by atoms with E-state index < -0.39 is 17.5 Å². The van der Waals surface area contributed by atoms with Crippen molar-refractivity contribution < 1.29 is 13.2 Å². The Bertz CT molecular complexity index is 558. The van der Waals surface area contributed by atoms with Gasteiger partial charge in [-0.3, -0.25) is 4.98 Å². The van der Waals surface area contributed by atoms with Crippen LogP contribution in [0.2, 0.25) is 0 Å². The minimum atomic E-state index is -1.48. The quantitative estimate of drug-likeness (QED) is 0.869. The number of aromatic nitrogens is 1. The lowest BCUT2D eigenvalue weighted by molar-refractivity contribution is 0.449. The van der Waals surface area contributed by atoms with E-state index in [0.29, 0.717) is 5.69 Å². The summed E-state index contributed by atoms with van der Waals surface area (Å²) in [5.41, 5.74) is 0.556. The third kappa shape index (κ3) is 2.81. The Kier molecular flexibility index (Phi) is 3.86. The molecule has 2 rings (SSSR count). The fraction of sp³-hybridized carbons (Fsp3) is 0.0833. The smallest absolute Gasteiger partial charge is 0.196 e. The van der Waals surface area contributed by atoms with Gasteiger partial charge in [-0.15, -0.1) is 0 Å². The Labute approximate surface area is 110 Å². The summed E-state index contributed by atoms with van der Waals surface area (Å²) in [5.74, 6) is -3.92. The first-order valence-electron chi connectivity index (χ1n) is 5.05. The molecule has 0 aliphatic carbocycles. The molecule has 0 saturated heterocycles. The highest BCUT2D eigenvalue weighted by atomic mass is 79.9. The first-order chi connectivity index (χ1) is 8.58. The molecule has 0 fully saturated rings. The van der Waals surface area contributed by atoms with E-state index in [0.717, 1.165) is 16.6 Å². The van der Waals surface area contributed by atoms with Crippen molar-refractivity contribution in [3.63, 3.8) is 0 Å². The molecule has 2 aromatic rings. The van der Waals surface area contributed by atoms with E-state index in [2.05, 4.69) is 26.2 Å². The molecular formula is C12H8BrF3N2. The van der Waals surface area contributed by atoms with Crippen molar-refractivity contribution in [2.75, 3.05) is 5.32 Å². The Hall–Kier alpha value is -1.56. The van der Waals surface area contributed by atoms with Gasteiger partial charge in [-0.2, -0.15) is 0 Å². The van der Waals surface area contributed by atoms with Gasteiger partial charge < -0.3 is 5.32 Å². The van der Waals surface area contributed by atoms with Gasteiger partial charge in [-0.05, 0) is 40.2 Å². The molecule has 0 radical (unpaired) electrons. The lowest BCUT2D eigenvalue weighted by Crippen LogP contribution is -2.05. The third-order valence-corrected chi connectivity index (χ3v) is 2.75. The molecule has 94 valence electrons. The van der Waals surface area contributed by atoms with Gasteiger partial charge in [0, 0.05) is 10.7 Å². The van der Waals surface area contributed by atoms with Crippen molar-refractivity contribution in [3.8, 4) is 0 Å². The normalized spacial score (nSPS) is 10.4. The second-order valence-electron chi connectivity index (χ2n) is 3.54. The van der Waals surface area contributed by atoms with Crippen molar-refractivity contribution in [2.24, 2.45) is 0 Å². The van der Waals surface area contributed by atoms with Crippen LogP contribution < -0.4 is 5.32 Å². The van der Waals surface area contributed by atoms with Crippen LogP contribution in [0, 0.1) is 17.5 Å². The molecule has 0 atom stereocenters. The molecule has 0 amide bonds. The minimum Gasteiger partial charge on any atom is -0.377 e. The van der Waals surface area contributed by atoms with Gasteiger partial charge in [-0.25, -0.2) is 13.2 Å². The van der Waals surface area contributed by atoms with E-state index in [1.165, 1.54) is 0 Å². The molecule has 0 bridgehead atoms. The molecule has 0 saturated carbocycles. The van der Waals surface area contributed by atoms with Crippen molar-refractivity contribution in [2.45, 2.75) is 6.54 Å². The highest BCUT2D eigenvalue weighted by molar-refractivity contribution is 9.10. The van der Waals surface area contributed by atoms with E-state index in [4.69, 9.17) is 0 Å². The predicted octanol–water partition coefficient (Wildman–Crippen LogP) is 3.87. The van der Waals surface area contributed by atoms with Crippen LogP contribution in [0.4, 0.5) is 18.9 Å². The van der Waals surface area contributed by atoms with E-state index in [9.17, 15) is 13.2 Å². The fourth-order valence-corrected chi connectivity index (χ4v) is 1.59. The number of halogens is 4. The molecule has 2 nitrogen and oxygen atoms in total. The van der Waals surface area contributed by atoms with Crippen molar-refractivity contribution in [3.05, 3.63) is 58.1 Å². The summed E-state index contributed by atoms with van der Waals surface area (Å²) in [7, 11) is 0. The number of nitrogens with one attached hydrogen (secondary N) is 1. The highest BCUT2D eigenvalue weighted by Crippen LogP contribution is 2.20. The molecular weight excluding hydrogens is 309 g/mol. The summed E-state index contributed by atoms with van der Waals surface area (Å²) >= 11 is 3.24. The van der Waals surface area contributed by atoms with E-state index in [1.807, 2.05) is 0 Å². The zero-order valence-electron chi connectivity index (χ0n) is 9.05. The summed E-state index contributed by atoms with van der Waals surface area (Å²) in [5, 5.41) is 2.66. The van der Waals surface area contributed by atoms with Gasteiger partial charge in [0.25, 0.3) is 0 Å². The molecule has 6 heteroatoms. The monoisotopic (exact) mass is 316 g/mol. The maximum atomic E-state index is 13.3. The van der Waals surface area contributed by atoms with Crippen LogP contribution in [0.5, 0.6) is 0 Å². The molecule has 0 aliphatic rings. The third-order valence-electron chi connectivity index (χ3n) is 2.28. The number of rotatable bonds is 3. The summed E-state index contributed by atoms with van der Waals surface area (Å²) in [4.78, 5) is 4.06. The molecule has 0 aliphatic heterocycles. The first-order valence-corrected chi connectivity index (χ1v) is 5.85. The van der Waals surface area contributed by atoms with Gasteiger partial charge in [0.05, 0.1) is 17.9 Å². The average molecular weight is 317 g/mol. The van der Waals surface area contributed by atoms with E-state index >= 15 is 0 Å². The van der Waals surface area contributed by atoms with Crippen molar-refractivity contribution in [1.29, 1.82) is 0 Å². The second-order valence-corrected chi connectivity index (χ2v) is 4.46. The van der Waals surface area contributed by atoms with Gasteiger partial charge in [0.2, 0.25) is 0 Å². The number of hydrogen-bond donors (Lipinski definition) is 1. The van der Waals surface area contributed by atoms with Crippen LogP contribution in [0.25, 0.3) is 0 Å². The maximum absolute atomic E-state index is 13.3. The van der Waals surface area contributed by atoms with Gasteiger partial charge in [0.15, 0.2) is 17.5 Å². The molecule has 1 aromatic carbocycles. The Morgan fingerprint density at radius 3 is 2.50 bits per heavy atom. The standard InChI is InChI=1S/C12H8BrF3N2/c13-7-1-2-8(17-5-7)6-18-10-4-3-9(14)11(15)12(10)16/h1-5,18H,6H2. The first kappa shape index (κ1) is 12.9. The molecule has 1 N–H and O–H groups in total. The molecule has 1 aromatic heterocycles. The highest BCUT2D eigenvalue weighted by Gasteiger charge is 2.12. The van der Waals surface area contributed by atoms with E-state index in [1.54, 1.807) is 18.3 Å². The number of anilines is 1. The van der Waals surface area contributed by atoms with Gasteiger partial charge >= 0.3 is 0 Å². The molecule has 1 heterocycles. The lowest BCUT2D eigenvalue weighted by Gasteiger charge is -2.08. The number of benzene rings is 1. The molecule has 0 unspecified atom stereocenters. The van der Waals surface area contributed by atoms with Crippen molar-refractivity contribution >= 4 is 21.6 Å². The Balaban J connectivity index is 2.11. The Morgan fingerprint density at radius 2 is 1.83 bits per heavy atom. The second kappa shape index (κ2) is 5.39. The number of hydrogen-bond acceptors (Lipinski definition) is 2. The van der Waals surface area contributed by atoms with Crippen LogP contribution in [0.3, 0.4) is 0 Å². The largest absolute Gasteiger partial charge is 0.377 e. The molecule has 0 spiro atoms. The zero-order chi connectivity index (χ0) is 13.1. The van der Waals surface area contributed by atoms with Crippen molar-refractivity contribution in [1.82, 2.24) is 4.98 Å². The van der Waals surface area contributed by atoms with Crippen LogP contribution >= 0.6 is 15.9 Å². The van der Waals surface area contributed by atoms with E-state index in [-0.39, 0.29) is 12.2 Å². The SMILES string of the molecule is Fc1ccc(NCc2ccc(Br)cn2)c(F)c1F. The summed E-state index contributed by atoms with van der Waals surface area (Å²) in [6.45, 7) is 0.218. The minimum absolute atomic E-state index is 0.0985. The van der Waals surface area contributed by atoms with Crippen LogP contribution in [0.15, 0.2) is 34.9 Å². The topological polar surface area (TPSA) is 24.9 Å². The van der Waals surface area contributed by atoms with Gasteiger partial charge in [0.1, 0.15) is 0 Å².